The molecule has 0 spiro atoms. The third-order valence-electron chi connectivity index (χ3n) is 6.49. The van der Waals surface area contributed by atoms with Crippen LogP contribution in [0, 0.1) is 5.41 Å². The molecular weight excluding hydrogens is 372 g/mol. The van der Waals surface area contributed by atoms with Crippen molar-refractivity contribution in [3.8, 4) is 5.75 Å². The summed E-state index contributed by atoms with van der Waals surface area (Å²) in [5, 5.41) is 10.1. The Balaban J connectivity index is 2.87. The van der Waals surface area contributed by atoms with Crippen molar-refractivity contribution in [3.05, 3.63) is 29.3 Å². The molecule has 1 N–H and O–H groups in total. The van der Waals surface area contributed by atoms with Crippen molar-refractivity contribution in [2.75, 3.05) is 6.61 Å². The number of esters is 1. The Hall–Kier alpha value is -1.51. The molecule has 0 fully saturated rings. The lowest BCUT2D eigenvalue weighted by Gasteiger charge is -2.42. The topological polar surface area (TPSA) is 46.5 Å². The van der Waals surface area contributed by atoms with E-state index in [-0.39, 0.29) is 22.5 Å². The molecule has 0 aliphatic carbocycles. The second kappa shape index (κ2) is 11.2. The highest BCUT2D eigenvalue weighted by Crippen LogP contribution is 2.46. The molecule has 0 amide bonds. The molecule has 172 valence electrons. The van der Waals surface area contributed by atoms with Crippen LogP contribution in [0.1, 0.15) is 118 Å². The first-order valence-corrected chi connectivity index (χ1v) is 11.9. The number of carbonyl (C=O) groups excluding carboxylic acids is 1. The quantitative estimate of drug-likeness (QED) is 0.296. The summed E-state index contributed by atoms with van der Waals surface area (Å²) < 4.78 is 5.83. The first kappa shape index (κ1) is 26.5. The number of phenols is 1. The summed E-state index contributed by atoms with van der Waals surface area (Å²) in [6.45, 7) is 17.3. The highest BCUT2D eigenvalue weighted by Gasteiger charge is 2.49. The molecule has 0 aliphatic heterocycles. The number of unbranched alkanes of at least 4 members (excludes halogenated alkanes) is 7. The number of rotatable bonds is 11. The lowest BCUT2D eigenvalue weighted by atomic mass is 9.61. The van der Waals surface area contributed by atoms with Crippen LogP contribution in [-0.2, 0) is 20.4 Å². The number of ether oxygens (including phenoxy) is 1. The molecule has 1 atom stereocenters. The van der Waals surface area contributed by atoms with Crippen LogP contribution >= 0.6 is 0 Å². The maximum atomic E-state index is 13.4. The highest BCUT2D eigenvalue weighted by molar-refractivity contribution is 5.84. The van der Waals surface area contributed by atoms with Gasteiger partial charge in [0.2, 0.25) is 0 Å². The van der Waals surface area contributed by atoms with Crippen molar-refractivity contribution >= 4 is 5.97 Å². The molecule has 0 aromatic heterocycles. The summed E-state index contributed by atoms with van der Waals surface area (Å²) >= 11 is 0. The van der Waals surface area contributed by atoms with Crippen LogP contribution in [0.25, 0.3) is 0 Å². The summed E-state index contributed by atoms with van der Waals surface area (Å²) in [5.74, 6) is 0.0568. The molecule has 1 unspecified atom stereocenters. The summed E-state index contributed by atoms with van der Waals surface area (Å²) in [7, 11) is 0. The van der Waals surface area contributed by atoms with Crippen LogP contribution < -0.4 is 0 Å². The standard InChI is InChI=1S/C27H46O3/c1-9-10-11-12-13-14-15-16-19-30-24(29)27(8,26(5,6)7)22-18-17-21(28)20-23(22)25(2,3)4/h17-18,20,28H,9-16,19H2,1-8H3. The van der Waals surface area contributed by atoms with Crippen LogP contribution in [0.3, 0.4) is 0 Å². The maximum Gasteiger partial charge on any atom is 0.316 e. The zero-order valence-corrected chi connectivity index (χ0v) is 20.9. The van der Waals surface area contributed by atoms with Gasteiger partial charge in [-0.25, -0.2) is 0 Å². The van der Waals surface area contributed by atoms with Gasteiger partial charge in [-0.15, -0.1) is 0 Å². The summed E-state index contributed by atoms with van der Waals surface area (Å²) in [6, 6.07) is 5.38. The van der Waals surface area contributed by atoms with Gasteiger partial charge in [0.15, 0.2) is 0 Å². The van der Waals surface area contributed by atoms with E-state index in [0.717, 1.165) is 24.0 Å². The summed E-state index contributed by atoms with van der Waals surface area (Å²) in [4.78, 5) is 13.4. The lowest BCUT2D eigenvalue weighted by molar-refractivity contribution is -0.154. The van der Waals surface area contributed by atoms with Crippen LogP contribution in [0.15, 0.2) is 18.2 Å². The van der Waals surface area contributed by atoms with Crippen LogP contribution in [0.4, 0.5) is 0 Å². The van der Waals surface area contributed by atoms with Gasteiger partial charge in [0.1, 0.15) is 5.75 Å². The number of hydrogen-bond donors (Lipinski definition) is 1. The van der Waals surface area contributed by atoms with E-state index in [2.05, 4.69) is 48.5 Å². The highest BCUT2D eigenvalue weighted by atomic mass is 16.5. The number of hydrogen-bond acceptors (Lipinski definition) is 3. The molecule has 0 radical (unpaired) electrons. The van der Waals surface area contributed by atoms with E-state index >= 15 is 0 Å². The lowest BCUT2D eigenvalue weighted by Crippen LogP contribution is -2.47. The molecular formula is C27H46O3. The largest absolute Gasteiger partial charge is 0.508 e. The number of carbonyl (C=O) groups is 1. The zero-order chi connectivity index (χ0) is 23.0. The zero-order valence-electron chi connectivity index (χ0n) is 20.9. The molecule has 0 saturated heterocycles. The summed E-state index contributed by atoms with van der Waals surface area (Å²) in [5.41, 5.74) is 0.604. The molecule has 3 nitrogen and oxygen atoms in total. The number of phenolic OH excluding ortho intramolecular Hbond substituents is 1. The third kappa shape index (κ3) is 7.03. The van der Waals surface area contributed by atoms with Gasteiger partial charge in [-0.2, -0.15) is 0 Å². The van der Waals surface area contributed by atoms with Gasteiger partial charge in [0.25, 0.3) is 0 Å². The average molecular weight is 419 g/mol. The third-order valence-corrected chi connectivity index (χ3v) is 6.49. The molecule has 1 aromatic rings. The van der Waals surface area contributed by atoms with E-state index in [9.17, 15) is 9.90 Å². The average Bonchev–Trinajstić information content (AvgIpc) is 2.64. The number of aromatic hydroxyl groups is 1. The van der Waals surface area contributed by atoms with Gasteiger partial charge in [0, 0.05) is 0 Å². The van der Waals surface area contributed by atoms with E-state index in [1.54, 1.807) is 12.1 Å². The SMILES string of the molecule is CCCCCCCCCCOC(=O)C(C)(c1ccc(O)cc1C(C)(C)C)C(C)(C)C. The van der Waals surface area contributed by atoms with Crippen molar-refractivity contribution in [2.24, 2.45) is 5.41 Å². The fourth-order valence-electron chi connectivity index (χ4n) is 3.95. The van der Waals surface area contributed by atoms with E-state index in [0.29, 0.717) is 6.61 Å². The van der Waals surface area contributed by atoms with Gasteiger partial charge in [-0.3, -0.25) is 4.79 Å². The van der Waals surface area contributed by atoms with Crippen molar-refractivity contribution < 1.29 is 14.6 Å². The van der Waals surface area contributed by atoms with Gasteiger partial charge in [-0.1, -0.05) is 99.5 Å². The second-order valence-corrected chi connectivity index (χ2v) is 11.0. The van der Waals surface area contributed by atoms with E-state index in [4.69, 9.17) is 4.74 Å². The predicted octanol–water partition coefficient (Wildman–Crippen LogP) is 7.68. The summed E-state index contributed by atoms with van der Waals surface area (Å²) in [6.07, 6.45) is 9.77. The Morgan fingerprint density at radius 3 is 1.87 bits per heavy atom. The monoisotopic (exact) mass is 418 g/mol. The smallest absolute Gasteiger partial charge is 0.316 e. The van der Waals surface area contributed by atoms with E-state index in [1.807, 2.05) is 13.0 Å². The molecule has 0 saturated carbocycles. The van der Waals surface area contributed by atoms with Gasteiger partial charge >= 0.3 is 5.97 Å². The Bertz CT molecular complexity index is 664. The molecule has 1 aromatic carbocycles. The molecule has 0 bridgehead atoms. The maximum absolute atomic E-state index is 13.4. The van der Waals surface area contributed by atoms with Gasteiger partial charge < -0.3 is 9.84 Å². The van der Waals surface area contributed by atoms with Crippen LogP contribution in [0.2, 0.25) is 0 Å². The minimum Gasteiger partial charge on any atom is -0.508 e. The van der Waals surface area contributed by atoms with Crippen molar-refractivity contribution in [1.29, 1.82) is 0 Å². The normalized spacial score (nSPS) is 14.4. The van der Waals surface area contributed by atoms with E-state index in [1.165, 1.54) is 38.5 Å². The van der Waals surface area contributed by atoms with Crippen LogP contribution in [0.5, 0.6) is 5.75 Å². The Labute approximate surface area is 185 Å². The fourth-order valence-corrected chi connectivity index (χ4v) is 3.95. The first-order valence-electron chi connectivity index (χ1n) is 11.9. The first-order chi connectivity index (χ1) is 13.9. The van der Waals surface area contributed by atoms with E-state index < -0.39 is 5.41 Å². The molecule has 30 heavy (non-hydrogen) atoms. The van der Waals surface area contributed by atoms with Crippen molar-refractivity contribution in [2.45, 2.75) is 118 Å². The molecule has 1 rings (SSSR count). The minimum absolute atomic E-state index is 0.172. The predicted molar refractivity (Wildman–Crippen MR) is 127 cm³/mol. The molecule has 0 aliphatic rings. The van der Waals surface area contributed by atoms with Crippen molar-refractivity contribution in [3.63, 3.8) is 0 Å². The Kier molecular flexibility index (Phi) is 9.91. The minimum atomic E-state index is -0.802. The Morgan fingerprint density at radius 2 is 1.37 bits per heavy atom. The molecule has 3 heteroatoms. The number of benzene rings is 1. The second-order valence-electron chi connectivity index (χ2n) is 11.0. The van der Waals surface area contributed by atoms with Gasteiger partial charge in [-0.05, 0) is 47.4 Å². The fraction of sp³-hybridized carbons (Fsp3) is 0.741. The van der Waals surface area contributed by atoms with Crippen LogP contribution in [-0.4, -0.2) is 17.7 Å². The van der Waals surface area contributed by atoms with Crippen molar-refractivity contribution in [1.82, 2.24) is 0 Å². The Morgan fingerprint density at radius 1 is 0.833 bits per heavy atom. The van der Waals surface area contributed by atoms with Gasteiger partial charge in [0.05, 0.1) is 12.0 Å². The molecule has 0 heterocycles.